The molecule has 2 aromatic rings. The molecule has 1 atom stereocenters. The fraction of sp³-hybridized carbons (Fsp3) is 0.273. The summed E-state index contributed by atoms with van der Waals surface area (Å²) in [5.41, 5.74) is 1.24. The van der Waals surface area contributed by atoms with Crippen molar-refractivity contribution in [1.82, 2.24) is 20.5 Å². The van der Waals surface area contributed by atoms with Crippen LogP contribution in [0.15, 0.2) is 35.1 Å². The topological polar surface area (TPSA) is 53.6 Å². The van der Waals surface area contributed by atoms with Gasteiger partial charge in [0.2, 0.25) is 0 Å². The number of nitrogens with zero attached hydrogens (tertiary/aromatic N) is 2. The van der Waals surface area contributed by atoms with Gasteiger partial charge in [-0.3, -0.25) is 5.10 Å². The van der Waals surface area contributed by atoms with E-state index in [1.807, 2.05) is 12.1 Å². The van der Waals surface area contributed by atoms with Crippen molar-refractivity contribution in [2.45, 2.75) is 19.5 Å². The summed E-state index contributed by atoms with van der Waals surface area (Å²) in [6, 6.07) is 8.40. The first kappa shape index (κ1) is 11.3. The molecule has 16 heavy (non-hydrogen) atoms. The van der Waals surface area contributed by atoms with Crippen molar-refractivity contribution in [3.63, 3.8) is 0 Å². The van der Waals surface area contributed by atoms with Crippen LogP contribution in [0.4, 0.5) is 0 Å². The van der Waals surface area contributed by atoms with Crippen molar-refractivity contribution in [2.24, 2.45) is 0 Å². The van der Waals surface area contributed by atoms with E-state index < -0.39 is 0 Å². The van der Waals surface area contributed by atoms with E-state index in [0.717, 1.165) is 16.8 Å². The standard InChI is InChI=1S/C11H13BrN4/c1-8(11-14-7-15-16-11)13-6-9-3-2-4-10(12)5-9/h2-5,7-8,13H,6H2,1H3,(H,14,15,16). The number of hydrogen-bond donors (Lipinski definition) is 2. The van der Waals surface area contributed by atoms with Gasteiger partial charge in [0.05, 0.1) is 6.04 Å². The van der Waals surface area contributed by atoms with E-state index in [0.29, 0.717) is 0 Å². The Bertz CT molecular complexity index is 441. The minimum atomic E-state index is 0.168. The van der Waals surface area contributed by atoms with Crippen molar-refractivity contribution >= 4 is 15.9 Å². The first-order valence-electron chi connectivity index (χ1n) is 5.09. The molecule has 0 amide bonds. The van der Waals surface area contributed by atoms with Gasteiger partial charge in [0.25, 0.3) is 0 Å². The maximum atomic E-state index is 4.11. The molecule has 2 N–H and O–H groups in total. The summed E-state index contributed by atoms with van der Waals surface area (Å²) in [4.78, 5) is 4.11. The highest BCUT2D eigenvalue weighted by atomic mass is 79.9. The highest BCUT2D eigenvalue weighted by molar-refractivity contribution is 9.10. The molecule has 0 fully saturated rings. The number of nitrogens with one attached hydrogen (secondary N) is 2. The number of hydrogen-bond acceptors (Lipinski definition) is 3. The van der Waals surface area contributed by atoms with E-state index in [-0.39, 0.29) is 6.04 Å². The summed E-state index contributed by atoms with van der Waals surface area (Å²) in [5.74, 6) is 0.856. The summed E-state index contributed by atoms with van der Waals surface area (Å²) in [5, 5.41) is 10.1. The minimum absolute atomic E-state index is 0.168. The molecule has 1 aromatic heterocycles. The average molecular weight is 281 g/mol. The Morgan fingerprint density at radius 3 is 3.06 bits per heavy atom. The van der Waals surface area contributed by atoms with Crippen molar-refractivity contribution in [2.75, 3.05) is 0 Å². The van der Waals surface area contributed by atoms with Crippen LogP contribution in [0.25, 0.3) is 0 Å². The van der Waals surface area contributed by atoms with Crippen LogP contribution in [0, 0.1) is 0 Å². The molecule has 84 valence electrons. The van der Waals surface area contributed by atoms with Crippen LogP contribution >= 0.6 is 15.9 Å². The Labute approximate surface area is 103 Å². The van der Waals surface area contributed by atoms with E-state index in [1.54, 1.807) is 0 Å². The third kappa shape index (κ3) is 2.90. The van der Waals surface area contributed by atoms with Gasteiger partial charge in [-0.25, -0.2) is 4.98 Å². The third-order valence-corrected chi connectivity index (χ3v) is 2.84. The lowest BCUT2D eigenvalue weighted by molar-refractivity contribution is 0.548. The highest BCUT2D eigenvalue weighted by Gasteiger charge is 2.06. The molecule has 0 saturated carbocycles. The summed E-state index contributed by atoms with van der Waals surface area (Å²) >= 11 is 3.45. The second-order valence-electron chi connectivity index (χ2n) is 3.60. The van der Waals surface area contributed by atoms with E-state index >= 15 is 0 Å². The van der Waals surface area contributed by atoms with Crippen molar-refractivity contribution in [3.05, 3.63) is 46.5 Å². The fourth-order valence-electron chi connectivity index (χ4n) is 1.44. The summed E-state index contributed by atoms with van der Waals surface area (Å²) in [7, 11) is 0. The Morgan fingerprint density at radius 2 is 2.38 bits per heavy atom. The fourth-order valence-corrected chi connectivity index (χ4v) is 1.88. The van der Waals surface area contributed by atoms with Crippen LogP contribution in [0.5, 0.6) is 0 Å². The van der Waals surface area contributed by atoms with Crippen LogP contribution in [-0.2, 0) is 6.54 Å². The van der Waals surface area contributed by atoms with Gasteiger partial charge in [0.1, 0.15) is 12.2 Å². The molecule has 0 bridgehead atoms. The Morgan fingerprint density at radius 1 is 1.50 bits per heavy atom. The molecule has 1 heterocycles. The summed E-state index contributed by atoms with van der Waals surface area (Å²) in [6.45, 7) is 2.86. The predicted molar refractivity (Wildman–Crippen MR) is 65.8 cm³/mol. The molecule has 0 aliphatic carbocycles. The maximum Gasteiger partial charge on any atom is 0.141 e. The number of H-pyrrole nitrogens is 1. The zero-order valence-corrected chi connectivity index (χ0v) is 10.5. The summed E-state index contributed by atoms with van der Waals surface area (Å²) in [6.07, 6.45) is 1.52. The van der Waals surface area contributed by atoms with Gasteiger partial charge in [-0.15, -0.1) is 0 Å². The summed E-state index contributed by atoms with van der Waals surface area (Å²) < 4.78 is 1.10. The van der Waals surface area contributed by atoms with Crippen LogP contribution in [-0.4, -0.2) is 15.2 Å². The van der Waals surface area contributed by atoms with E-state index in [2.05, 4.69) is 55.5 Å². The van der Waals surface area contributed by atoms with E-state index in [1.165, 1.54) is 11.9 Å². The van der Waals surface area contributed by atoms with E-state index in [9.17, 15) is 0 Å². The minimum Gasteiger partial charge on any atom is -0.303 e. The lowest BCUT2D eigenvalue weighted by atomic mass is 10.2. The third-order valence-electron chi connectivity index (χ3n) is 2.35. The van der Waals surface area contributed by atoms with Crippen molar-refractivity contribution < 1.29 is 0 Å². The molecular weight excluding hydrogens is 268 g/mol. The largest absolute Gasteiger partial charge is 0.303 e. The molecule has 0 radical (unpaired) electrons. The van der Waals surface area contributed by atoms with Gasteiger partial charge < -0.3 is 5.32 Å². The van der Waals surface area contributed by atoms with Crippen molar-refractivity contribution in [1.29, 1.82) is 0 Å². The zero-order chi connectivity index (χ0) is 11.4. The van der Waals surface area contributed by atoms with Gasteiger partial charge in [0.15, 0.2) is 0 Å². The smallest absolute Gasteiger partial charge is 0.141 e. The number of benzene rings is 1. The Balaban J connectivity index is 1.92. The Kier molecular flexibility index (Phi) is 3.69. The molecule has 0 spiro atoms. The van der Waals surface area contributed by atoms with Crippen molar-refractivity contribution in [3.8, 4) is 0 Å². The molecule has 5 heteroatoms. The molecule has 0 aliphatic heterocycles. The monoisotopic (exact) mass is 280 g/mol. The Hall–Kier alpha value is -1.20. The quantitative estimate of drug-likeness (QED) is 0.905. The van der Waals surface area contributed by atoms with Crippen LogP contribution in [0.2, 0.25) is 0 Å². The van der Waals surface area contributed by atoms with Gasteiger partial charge in [-0.1, -0.05) is 28.1 Å². The lowest BCUT2D eigenvalue weighted by Gasteiger charge is -2.10. The van der Waals surface area contributed by atoms with Gasteiger partial charge in [0, 0.05) is 11.0 Å². The first-order valence-corrected chi connectivity index (χ1v) is 5.88. The molecule has 2 rings (SSSR count). The number of halogens is 1. The number of aromatic amines is 1. The zero-order valence-electron chi connectivity index (χ0n) is 8.94. The first-order chi connectivity index (χ1) is 7.75. The molecule has 4 nitrogen and oxygen atoms in total. The second-order valence-corrected chi connectivity index (χ2v) is 4.52. The number of rotatable bonds is 4. The highest BCUT2D eigenvalue weighted by Crippen LogP contribution is 2.12. The number of aromatic nitrogens is 3. The average Bonchev–Trinajstić information content (AvgIpc) is 2.79. The lowest BCUT2D eigenvalue weighted by Crippen LogP contribution is -2.19. The van der Waals surface area contributed by atoms with E-state index in [4.69, 9.17) is 0 Å². The van der Waals surface area contributed by atoms with Crippen LogP contribution in [0.3, 0.4) is 0 Å². The molecule has 0 saturated heterocycles. The SMILES string of the molecule is CC(NCc1cccc(Br)c1)c1ncn[nH]1. The van der Waals surface area contributed by atoms with Gasteiger partial charge in [-0.05, 0) is 24.6 Å². The van der Waals surface area contributed by atoms with Gasteiger partial charge in [-0.2, -0.15) is 5.10 Å². The normalized spacial score (nSPS) is 12.6. The van der Waals surface area contributed by atoms with Crippen LogP contribution < -0.4 is 5.32 Å². The van der Waals surface area contributed by atoms with Crippen LogP contribution in [0.1, 0.15) is 24.4 Å². The molecule has 0 aliphatic rings. The molecular formula is C11H13BrN4. The molecule has 1 aromatic carbocycles. The predicted octanol–water partition coefficient (Wildman–Crippen LogP) is 2.42. The maximum absolute atomic E-state index is 4.11. The van der Waals surface area contributed by atoms with Gasteiger partial charge >= 0.3 is 0 Å². The molecule has 1 unspecified atom stereocenters. The second kappa shape index (κ2) is 5.23.